The van der Waals surface area contributed by atoms with Gasteiger partial charge in [0, 0.05) is 36.6 Å². The van der Waals surface area contributed by atoms with Crippen molar-refractivity contribution in [3.8, 4) is 0 Å². The number of methoxy groups -OCH3 is 1. The number of halogens is 1. The second-order valence-corrected chi connectivity index (χ2v) is 6.32. The Labute approximate surface area is 132 Å². The van der Waals surface area contributed by atoms with E-state index in [4.69, 9.17) is 16.3 Å². The first-order valence-corrected chi connectivity index (χ1v) is 7.88. The molecule has 1 heterocycles. The molecule has 1 unspecified atom stereocenters. The maximum absolute atomic E-state index is 12.0. The summed E-state index contributed by atoms with van der Waals surface area (Å²) in [5.41, 5.74) is 0.703. The Balaban J connectivity index is 1.88. The summed E-state index contributed by atoms with van der Waals surface area (Å²) in [7, 11) is 1.62. The Bertz CT molecular complexity index is 539. The fourth-order valence-corrected chi connectivity index (χ4v) is 3.20. The lowest BCUT2D eigenvalue weighted by atomic mass is 10.2. The van der Waals surface area contributed by atoms with E-state index in [0.717, 1.165) is 11.3 Å². The molecule has 21 heavy (non-hydrogen) atoms. The van der Waals surface area contributed by atoms with E-state index in [1.54, 1.807) is 19.2 Å². The van der Waals surface area contributed by atoms with E-state index in [1.807, 2.05) is 6.07 Å². The molecule has 5 nitrogen and oxygen atoms in total. The molecule has 0 radical (unpaired) electrons. The van der Waals surface area contributed by atoms with Crippen LogP contribution in [0, 0.1) is 0 Å². The molecule has 0 saturated heterocycles. The molecule has 0 aliphatic carbocycles. The molecule has 1 aliphatic rings. The highest BCUT2D eigenvalue weighted by Crippen LogP contribution is 2.38. The number of benzene rings is 1. The van der Waals surface area contributed by atoms with Gasteiger partial charge in [0.15, 0.2) is 0 Å². The van der Waals surface area contributed by atoms with Gasteiger partial charge in [0.1, 0.15) is 0 Å². The monoisotopic (exact) mass is 328 g/mol. The molecule has 1 aliphatic heterocycles. The predicted octanol–water partition coefficient (Wildman–Crippen LogP) is 2.30. The topological polar surface area (TPSA) is 67.4 Å². The van der Waals surface area contributed by atoms with Gasteiger partial charge in [-0.1, -0.05) is 11.6 Å². The van der Waals surface area contributed by atoms with Gasteiger partial charge in [0.05, 0.1) is 10.9 Å². The number of nitrogens with one attached hydrogen (secondary N) is 2. The lowest BCUT2D eigenvalue weighted by Gasteiger charge is -2.23. The molecule has 114 valence electrons. The fourth-order valence-electron chi connectivity index (χ4n) is 1.94. The average molecular weight is 329 g/mol. The third kappa shape index (κ3) is 4.62. The number of fused-ring (bicyclic) bond motifs is 1. The normalized spacial score (nSPS) is 17.0. The van der Waals surface area contributed by atoms with E-state index >= 15 is 0 Å². The van der Waals surface area contributed by atoms with Crippen molar-refractivity contribution >= 4 is 40.9 Å². The van der Waals surface area contributed by atoms with Gasteiger partial charge in [0.2, 0.25) is 11.8 Å². The first-order valence-electron chi connectivity index (χ1n) is 6.63. The van der Waals surface area contributed by atoms with Gasteiger partial charge in [0.25, 0.3) is 0 Å². The van der Waals surface area contributed by atoms with Crippen molar-refractivity contribution in [2.24, 2.45) is 0 Å². The predicted molar refractivity (Wildman–Crippen MR) is 83.8 cm³/mol. The molecule has 0 spiro atoms. The van der Waals surface area contributed by atoms with Gasteiger partial charge in [-0.25, -0.2) is 0 Å². The summed E-state index contributed by atoms with van der Waals surface area (Å²) in [6, 6.07) is 5.33. The number of thioether (sulfide) groups is 1. The standard InChI is InChI=1S/C14H17ClN2O3S/c1-20-6-2-5-16-13(18)8-12-14(19)17-10-7-9(15)3-4-11(10)21-12/h3-4,7,12H,2,5-6,8H2,1H3,(H,16,18)(H,17,19). The Kier molecular flexibility index (Phi) is 5.90. The van der Waals surface area contributed by atoms with Crippen molar-refractivity contribution in [3.63, 3.8) is 0 Å². The van der Waals surface area contributed by atoms with Gasteiger partial charge in [-0.05, 0) is 24.6 Å². The van der Waals surface area contributed by atoms with E-state index in [1.165, 1.54) is 11.8 Å². The first kappa shape index (κ1) is 16.1. The largest absolute Gasteiger partial charge is 0.385 e. The number of carbonyl (C=O) groups excluding carboxylic acids is 2. The summed E-state index contributed by atoms with van der Waals surface area (Å²) in [4.78, 5) is 24.8. The Morgan fingerprint density at radius 1 is 1.52 bits per heavy atom. The van der Waals surface area contributed by atoms with Crippen LogP contribution in [0.3, 0.4) is 0 Å². The Morgan fingerprint density at radius 2 is 2.33 bits per heavy atom. The van der Waals surface area contributed by atoms with Crippen LogP contribution in [0.15, 0.2) is 23.1 Å². The van der Waals surface area contributed by atoms with Gasteiger partial charge >= 0.3 is 0 Å². The maximum atomic E-state index is 12.0. The zero-order valence-electron chi connectivity index (χ0n) is 11.6. The molecule has 0 saturated carbocycles. The van der Waals surface area contributed by atoms with Gasteiger partial charge in [-0.3, -0.25) is 9.59 Å². The molecule has 2 N–H and O–H groups in total. The first-order chi connectivity index (χ1) is 10.1. The fraction of sp³-hybridized carbons (Fsp3) is 0.429. The zero-order chi connectivity index (χ0) is 15.2. The SMILES string of the molecule is COCCCNC(=O)CC1Sc2ccc(Cl)cc2NC1=O. The van der Waals surface area contributed by atoms with Crippen molar-refractivity contribution in [2.75, 3.05) is 25.6 Å². The molecule has 2 amide bonds. The highest BCUT2D eigenvalue weighted by molar-refractivity contribution is 8.01. The van der Waals surface area contributed by atoms with Crippen molar-refractivity contribution in [3.05, 3.63) is 23.2 Å². The molecule has 7 heteroatoms. The number of amides is 2. The molecule has 2 rings (SSSR count). The van der Waals surface area contributed by atoms with E-state index in [-0.39, 0.29) is 18.2 Å². The molecule has 0 bridgehead atoms. The summed E-state index contributed by atoms with van der Waals surface area (Å²) in [6.45, 7) is 1.16. The average Bonchev–Trinajstić information content (AvgIpc) is 2.45. The molecule has 0 fully saturated rings. The Morgan fingerprint density at radius 3 is 3.10 bits per heavy atom. The van der Waals surface area contributed by atoms with Crippen molar-refractivity contribution in [1.29, 1.82) is 0 Å². The number of carbonyl (C=O) groups is 2. The number of hydrogen-bond donors (Lipinski definition) is 2. The third-order valence-electron chi connectivity index (χ3n) is 2.98. The summed E-state index contributed by atoms with van der Waals surface area (Å²) in [5.74, 6) is -0.294. The van der Waals surface area contributed by atoms with E-state index in [9.17, 15) is 9.59 Å². The highest BCUT2D eigenvalue weighted by Gasteiger charge is 2.28. The summed E-state index contributed by atoms with van der Waals surface area (Å²) < 4.78 is 4.91. The number of anilines is 1. The van der Waals surface area contributed by atoms with Gasteiger partial charge in [-0.15, -0.1) is 11.8 Å². The maximum Gasteiger partial charge on any atom is 0.238 e. The van der Waals surface area contributed by atoms with E-state index in [2.05, 4.69) is 10.6 Å². The van der Waals surface area contributed by atoms with Gasteiger partial charge in [-0.2, -0.15) is 0 Å². The van der Waals surface area contributed by atoms with Crippen molar-refractivity contribution in [1.82, 2.24) is 5.32 Å². The van der Waals surface area contributed by atoms with Crippen LogP contribution < -0.4 is 10.6 Å². The third-order valence-corrected chi connectivity index (χ3v) is 4.49. The van der Waals surface area contributed by atoms with Crippen LogP contribution in [-0.2, 0) is 14.3 Å². The second kappa shape index (κ2) is 7.68. The van der Waals surface area contributed by atoms with Crippen molar-refractivity contribution in [2.45, 2.75) is 23.0 Å². The van der Waals surface area contributed by atoms with Crippen LogP contribution in [0.4, 0.5) is 5.69 Å². The van der Waals surface area contributed by atoms with Crippen LogP contribution in [0.5, 0.6) is 0 Å². The highest BCUT2D eigenvalue weighted by atomic mass is 35.5. The number of hydrogen-bond acceptors (Lipinski definition) is 4. The van der Waals surface area contributed by atoms with Crippen LogP contribution in [0.2, 0.25) is 5.02 Å². The summed E-state index contributed by atoms with van der Waals surface area (Å²) in [6.07, 6.45) is 0.916. The van der Waals surface area contributed by atoms with Crippen LogP contribution in [-0.4, -0.2) is 37.3 Å². The lowest BCUT2D eigenvalue weighted by molar-refractivity contribution is -0.124. The van der Waals surface area contributed by atoms with E-state index < -0.39 is 5.25 Å². The molecule has 1 atom stereocenters. The van der Waals surface area contributed by atoms with Crippen LogP contribution in [0.1, 0.15) is 12.8 Å². The number of ether oxygens (including phenoxy) is 1. The minimum Gasteiger partial charge on any atom is -0.385 e. The number of rotatable bonds is 6. The van der Waals surface area contributed by atoms with Crippen LogP contribution >= 0.6 is 23.4 Å². The summed E-state index contributed by atoms with van der Waals surface area (Å²) >= 11 is 7.28. The Hall–Kier alpha value is -1.24. The minimum atomic E-state index is -0.416. The zero-order valence-corrected chi connectivity index (χ0v) is 13.2. The second-order valence-electron chi connectivity index (χ2n) is 4.64. The molecular weight excluding hydrogens is 312 g/mol. The lowest BCUT2D eigenvalue weighted by Crippen LogP contribution is -2.35. The van der Waals surface area contributed by atoms with E-state index in [0.29, 0.717) is 23.9 Å². The quantitative estimate of drug-likeness (QED) is 0.786. The summed E-state index contributed by atoms with van der Waals surface area (Å²) in [5, 5.41) is 5.73. The van der Waals surface area contributed by atoms with Gasteiger partial charge < -0.3 is 15.4 Å². The molecule has 1 aromatic rings. The van der Waals surface area contributed by atoms with Crippen LogP contribution in [0.25, 0.3) is 0 Å². The molecule has 1 aromatic carbocycles. The smallest absolute Gasteiger partial charge is 0.238 e. The minimum absolute atomic E-state index is 0.129. The molecular formula is C14H17ClN2O3S. The van der Waals surface area contributed by atoms with Crippen molar-refractivity contribution < 1.29 is 14.3 Å². The molecule has 0 aromatic heterocycles.